The summed E-state index contributed by atoms with van der Waals surface area (Å²) in [5.41, 5.74) is 0.629. The molecule has 3 rings (SSSR count). The Morgan fingerprint density at radius 2 is 1.76 bits per heavy atom. The predicted octanol–water partition coefficient (Wildman–Crippen LogP) is 0.822. The van der Waals surface area contributed by atoms with Crippen molar-refractivity contribution in [3.05, 3.63) is 36.4 Å². The molecule has 0 radical (unpaired) electrons. The first-order chi connectivity index (χ1) is 10.1. The number of fused-ring (bicyclic) bond motifs is 2. The Hall–Kier alpha value is -2.30. The Morgan fingerprint density at radius 3 is 2.33 bits per heavy atom. The van der Waals surface area contributed by atoms with Crippen molar-refractivity contribution in [3.8, 4) is 5.75 Å². The zero-order valence-electron chi connectivity index (χ0n) is 11.6. The fourth-order valence-electron chi connectivity index (χ4n) is 3.40. The van der Waals surface area contributed by atoms with E-state index in [0.29, 0.717) is 11.4 Å². The number of rotatable bonds is 4. The lowest BCUT2D eigenvalue weighted by atomic mass is 9.82. The highest BCUT2D eigenvalue weighted by Gasteiger charge is 2.48. The number of hydrogen-bond donors (Lipinski definition) is 1. The van der Waals surface area contributed by atoms with Crippen LogP contribution in [0.25, 0.3) is 0 Å². The van der Waals surface area contributed by atoms with Gasteiger partial charge in [-0.15, -0.1) is 0 Å². The lowest BCUT2D eigenvalue weighted by molar-refractivity contribution is -0.313. The molecule has 2 bridgehead atoms. The maximum absolute atomic E-state index is 12.4. The van der Waals surface area contributed by atoms with Crippen LogP contribution in [0.2, 0.25) is 0 Å². The second-order valence-electron chi connectivity index (χ2n) is 5.54. The SMILES string of the molecule is COc1ccc(NC(=O)[C@@H]2[C@@H](C(=O)[O-])[C@H]3C=C[C@@H]2C3)cc1. The Bertz CT molecular complexity index is 593. The van der Waals surface area contributed by atoms with Gasteiger partial charge in [-0.05, 0) is 42.5 Å². The molecule has 21 heavy (non-hydrogen) atoms. The van der Waals surface area contributed by atoms with Gasteiger partial charge >= 0.3 is 0 Å². The molecule has 0 unspecified atom stereocenters. The summed E-state index contributed by atoms with van der Waals surface area (Å²) < 4.78 is 5.05. The third-order valence-corrected chi connectivity index (χ3v) is 4.39. The molecule has 5 nitrogen and oxygen atoms in total. The molecule has 2 aliphatic carbocycles. The molecule has 0 saturated heterocycles. The zero-order valence-corrected chi connectivity index (χ0v) is 11.6. The van der Waals surface area contributed by atoms with Gasteiger partial charge in [-0.25, -0.2) is 0 Å². The molecule has 0 heterocycles. The number of allylic oxidation sites excluding steroid dienone is 2. The molecule has 1 aromatic carbocycles. The molecular formula is C16H16NO4-. The van der Waals surface area contributed by atoms with Crippen LogP contribution < -0.4 is 15.2 Å². The number of anilines is 1. The molecule has 1 aromatic rings. The van der Waals surface area contributed by atoms with Crippen LogP contribution in [0.1, 0.15) is 6.42 Å². The summed E-state index contributed by atoms with van der Waals surface area (Å²) in [5, 5.41) is 14.1. The minimum Gasteiger partial charge on any atom is -0.550 e. The van der Waals surface area contributed by atoms with Crippen LogP contribution in [0.4, 0.5) is 5.69 Å². The van der Waals surface area contributed by atoms with Crippen molar-refractivity contribution in [3.63, 3.8) is 0 Å². The monoisotopic (exact) mass is 286 g/mol. The van der Waals surface area contributed by atoms with Gasteiger partial charge in [0.1, 0.15) is 5.75 Å². The molecule has 4 atom stereocenters. The van der Waals surface area contributed by atoms with Gasteiger partial charge in [-0.2, -0.15) is 0 Å². The first-order valence-electron chi connectivity index (χ1n) is 6.94. The summed E-state index contributed by atoms with van der Waals surface area (Å²) in [5.74, 6) is -2.05. The topological polar surface area (TPSA) is 78.5 Å². The predicted molar refractivity (Wildman–Crippen MR) is 74.3 cm³/mol. The Kier molecular flexibility index (Phi) is 3.41. The van der Waals surface area contributed by atoms with Gasteiger partial charge in [0.2, 0.25) is 5.91 Å². The third kappa shape index (κ3) is 2.39. The fraction of sp³-hybridized carbons (Fsp3) is 0.375. The molecule has 0 aliphatic heterocycles. The quantitative estimate of drug-likeness (QED) is 0.831. The molecular weight excluding hydrogens is 270 g/mol. The molecule has 2 aliphatic rings. The van der Waals surface area contributed by atoms with Crippen LogP contribution in [0.3, 0.4) is 0 Å². The van der Waals surface area contributed by atoms with E-state index in [2.05, 4.69) is 5.32 Å². The minimum atomic E-state index is -1.14. The van der Waals surface area contributed by atoms with Crippen LogP contribution >= 0.6 is 0 Å². The standard InChI is InChI=1S/C16H17NO4/c1-21-12-6-4-11(5-7-12)17-15(18)13-9-2-3-10(8-9)14(13)16(19)20/h2-7,9-10,13-14H,8H2,1H3,(H,17,18)(H,19,20)/p-1/t9-,10+,13+,14+/m1/s1. The second kappa shape index (κ2) is 5.24. The number of nitrogens with one attached hydrogen (secondary N) is 1. The Balaban J connectivity index is 1.75. The van der Waals surface area contributed by atoms with Crippen molar-refractivity contribution in [1.29, 1.82) is 0 Å². The van der Waals surface area contributed by atoms with E-state index in [1.165, 1.54) is 0 Å². The van der Waals surface area contributed by atoms with E-state index in [9.17, 15) is 14.7 Å². The number of ether oxygens (including phenoxy) is 1. The maximum Gasteiger partial charge on any atom is 0.228 e. The zero-order chi connectivity index (χ0) is 15.0. The average molecular weight is 286 g/mol. The van der Waals surface area contributed by atoms with Crippen LogP contribution in [0, 0.1) is 23.7 Å². The molecule has 110 valence electrons. The first-order valence-corrected chi connectivity index (χ1v) is 6.94. The third-order valence-electron chi connectivity index (χ3n) is 4.39. The number of hydrogen-bond acceptors (Lipinski definition) is 4. The van der Waals surface area contributed by atoms with Gasteiger partial charge in [-0.3, -0.25) is 4.79 Å². The number of carboxylic acid groups (broad SMARTS) is 1. The van der Waals surface area contributed by atoms with Crippen molar-refractivity contribution in [2.24, 2.45) is 23.7 Å². The number of carbonyl (C=O) groups is 2. The van der Waals surface area contributed by atoms with Gasteiger partial charge in [0.15, 0.2) is 0 Å². The molecule has 1 saturated carbocycles. The average Bonchev–Trinajstić information content (AvgIpc) is 3.08. The molecule has 1 N–H and O–H groups in total. The Morgan fingerprint density at radius 1 is 1.14 bits per heavy atom. The van der Waals surface area contributed by atoms with Crippen LogP contribution in [-0.2, 0) is 9.59 Å². The largest absolute Gasteiger partial charge is 0.550 e. The van der Waals surface area contributed by atoms with E-state index >= 15 is 0 Å². The van der Waals surface area contributed by atoms with Gasteiger partial charge in [0.05, 0.1) is 13.0 Å². The van der Waals surface area contributed by atoms with E-state index in [0.717, 1.165) is 6.42 Å². The summed E-state index contributed by atoms with van der Waals surface area (Å²) in [4.78, 5) is 23.7. The number of amides is 1. The normalized spacial score (nSPS) is 29.4. The highest BCUT2D eigenvalue weighted by atomic mass is 16.5. The summed E-state index contributed by atoms with van der Waals surface area (Å²) in [6, 6.07) is 6.95. The van der Waals surface area contributed by atoms with Crippen molar-refractivity contribution in [2.75, 3.05) is 12.4 Å². The Labute approximate surface area is 122 Å². The van der Waals surface area contributed by atoms with E-state index in [4.69, 9.17) is 4.74 Å². The molecule has 0 aromatic heterocycles. The number of aliphatic carboxylic acids is 1. The molecule has 5 heteroatoms. The van der Waals surface area contributed by atoms with Crippen molar-refractivity contribution < 1.29 is 19.4 Å². The maximum atomic E-state index is 12.4. The highest BCUT2D eigenvalue weighted by molar-refractivity contribution is 5.96. The minimum absolute atomic E-state index is 0.00357. The van der Waals surface area contributed by atoms with E-state index in [1.54, 1.807) is 31.4 Å². The number of carbonyl (C=O) groups excluding carboxylic acids is 2. The lowest BCUT2D eigenvalue weighted by Gasteiger charge is -2.27. The number of carboxylic acids is 1. The first kappa shape index (κ1) is 13.7. The summed E-state index contributed by atoms with van der Waals surface area (Å²) in [6.07, 6.45) is 4.56. The summed E-state index contributed by atoms with van der Waals surface area (Å²) in [7, 11) is 1.57. The fourth-order valence-corrected chi connectivity index (χ4v) is 3.40. The van der Waals surface area contributed by atoms with Crippen LogP contribution in [0.5, 0.6) is 5.75 Å². The number of methoxy groups -OCH3 is 1. The van der Waals surface area contributed by atoms with Crippen LogP contribution in [0.15, 0.2) is 36.4 Å². The van der Waals surface area contributed by atoms with Gasteiger partial charge in [0, 0.05) is 17.6 Å². The van der Waals surface area contributed by atoms with Gasteiger partial charge < -0.3 is 20.0 Å². The summed E-state index contributed by atoms with van der Waals surface area (Å²) >= 11 is 0. The lowest BCUT2D eigenvalue weighted by Crippen LogP contribution is -2.42. The highest BCUT2D eigenvalue weighted by Crippen LogP contribution is 2.48. The van der Waals surface area contributed by atoms with Gasteiger partial charge in [-0.1, -0.05) is 12.2 Å². The van der Waals surface area contributed by atoms with Crippen molar-refractivity contribution in [1.82, 2.24) is 0 Å². The second-order valence-corrected chi connectivity index (χ2v) is 5.54. The number of benzene rings is 1. The molecule has 0 spiro atoms. The van der Waals surface area contributed by atoms with Crippen molar-refractivity contribution in [2.45, 2.75) is 6.42 Å². The van der Waals surface area contributed by atoms with E-state index in [-0.39, 0.29) is 17.7 Å². The van der Waals surface area contributed by atoms with Gasteiger partial charge in [0.25, 0.3) is 0 Å². The van der Waals surface area contributed by atoms with Crippen molar-refractivity contribution >= 4 is 17.6 Å². The van der Waals surface area contributed by atoms with E-state index < -0.39 is 17.8 Å². The smallest absolute Gasteiger partial charge is 0.228 e. The summed E-state index contributed by atoms with van der Waals surface area (Å²) in [6.45, 7) is 0. The van der Waals surface area contributed by atoms with E-state index in [1.807, 2.05) is 12.2 Å². The van der Waals surface area contributed by atoms with Crippen LogP contribution in [-0.4, -0.2) is 19.0 Å². The molecule has 1 fully saturated rings. The molecule has 1 amide bonds.